The van der Waals surface area contributed by atoms with Crippen molar-refractivity contribution in [2.75, 3.05) is 0 Å². The van der Waals surface area contributed by atoms with Gasteiger partial charge in [0, 0.05) is 5.56 Å². The third kappa shape index (κ3) is 2.08. The van der Waals surface area contributed by atoms with Crippen LogP contribution in [-0.2, 0) is 0 Å². The predicted octanol–water partition coefficient (Wildman–Crippen LogP) is 1.69. The Morgan fingerprint density at radius 1 is 1.23 bits per heavy atom. The van der Waals surface area contributed by atoms with Gasteiger partial charge in [-0.15, -0.1) is 5.46 Å². The molecule has 1 rings (SSSR count). The van der Waals surface area contributed by atoms with E-state index >= 15 is 0 Å². The minimum atomic E-state index is -5.20. The first-order valence-corrected chi connectivity index (χ1v) is 3.39. The fourth-order valence-corrected chi connectivity index (χ4v) is 0.843. The van der Waals surface area contributed by atoms with Gasteiger partial charge < -0.3 is 12.9 Å². The van der Waals surface area contributed by atoms with Crippen molar-refractivity contribution in [3.8, 4) is 0 Å². The van der Waals surface area contributed by atoms with Crippen LogP contribution in [0.4, 0.5) is 17.3 Å². The summed E-state index contributed by atoms with van der Waals surface area (Å²) in [7, 11) is 0. The summed E-state index contributed by atoms with van der Waals surface area (Å²) in [4.78, 5) is 10.1. The molecule has 0 N–H and O–H groups in total. The smallest absolute Gasteiger partial charge is 0.445 e. The van der Waals surface area contributed by atoms with E-state index in [1.807, 2.05) is 0 Å². The Labute approximate surface area is 71.4 Å². The molecule has 0 amide bonds. The van der Waals surface area contributed by atoms with Crippen molar-refractivity contribution in [1.29, 1.82) is 0 Å². The lowest BCUT2D eigenvalue weighted by Crippen LogP contribution is -2.34. The van der Waals surface area contributed by atoms with E-state index in [0.717, 1.165) is 6.07 Å². The monoisotopic (exact) mass is 191 g/mol. The summed E-state index contributed by atoms with van der Waals surface area (Å²) in [6.07, 6.45) is 0.169. The molecule has 0 atom stereocenters. The minimum Gasteiger partial charge on any atom is -0.445 e. The highest BCUT2D eigenvalue weighted by atomic mass is 19.4. The van der Waals surface area contributed by atoms with Gasteiger partial charge in [0.15, 0.2) is 6.29 Å². The summed E-state index contributed by atoms with van der Waals surface area (Å²) in [5.41, 5.74) is -1.41. The lowest BCUT2D eigenvalue weighted by atomic mass is 9.80. The molecule has 0 fully saturated rings. The molecule has 6 heteroatoms. The zero-order valence-electron chi connectivity index (χ0n) is 6.31. The highest BCUT2D eigenvalue weighted by molar-refractivity contribution is 6.73. The van der Waals surface area contributed by atoms with Crippen molar-refractivity contribution in [3.63, 3.8) is 0 Å². The number of aldehydes is 1. The first-order valence-electron chi connectivity index (χ1n) is 3.39. The maximum atomic E-state index is 12.7. The number of rotatable bonds is 2. The average Bonchev–Trinajstić information content (AvgIpc) is 2.02. The normalized spacial score (nSPS) is 11.4. The summed E-state index contributed by atoms with van der Waals surface area (Å²) >= 11 is 0. The highest BCUT2D eigenvalue weighted by Gasteiger charge is 2.26. The minimum absolute atomic E-state index is 0.169. The van der Waals surface area contributed by atoms with E-state index in [-0.39, 0.29) is 11.8 Å². The van der Waals surface area contributed by atoms with Crippen LogP contribution in [-0.4, -0.2) is 13.3 Å². The molecule has 0 aromatic heterocycles. The molecule has 0 heterocycles. The lowest BCUT2D eigenvalue weighted by molar-refractivity contribution is 0.112. The van der Waals surface area contributed by atoms with Crippen molar-refractivity contribution in [2.24, 2.45) is 0 Å². The van der Waals surface area contributed by atoms with E-state index in [0.29, 0.717) is 12.1 Å². The van der Waals surface area contributed by atoms with Gasteiger partial charge in [-0.3, -0.25) is 4.79 Å². The molecule has 0 unspecified atom stereocenters. The molecule has 13 heavy (non-hydrogen) atoms. The van der Waals surface area contributed by atoms with Crippen LogP contribution >= 0.6 is 0 Å². The van der Waals surface area contributed by atoms with E-state index in [1.54, 1.807) is 0 Å². The Hall–Kier alpha value is -1.33. The number of halogens is 4. The molecule has 0 aliphatic heterocycles. The summed E-state index contributed by atoms with van der Waals surface area (Å²) in [5.74, 6) is -1.15. The van der Waals surface area contributed by atoms with Crippen LogP contribution in [0.1, 0.15) is 10.4 Å². The molecule has 0 aliphatic rings. The third-order valence-corrected chi connectivity index (χ3v) is 1.53. The largest absolute Gasteiger partial charge is 0.509 e. The lowest BCUT2D eigenvalue weighted by Gasteiger charge is -2.14. The van der Waals surface area contributed by atoms with E-state index in [1.165, 1.54) is 0 Å². The first kappa shape index (κ1) is 9.76. The van der Waals surface area contributed by atoms with E-state index in [9.17, 15) is 22.1 Å². The zero-order chi connectivity index (χ0) is 10.1. The molecule has 1 aromatic rings. The molecule has 0 radical (unpaired) electrons. The van der Waals surface area contributed by atoms with E-state index in [4.69, 9.17) is 0 Å². The van der Waals surface area contributed by atoms with E-state index < -0.39 is 18.3 Å². The van der Waals surface area contributed by atoms with Gasteiger partial charge in [-0.1, -0.05) is 18.2 Å². The van der Waals surface area contributed by atoms with Gasteiger partial charge in [0.05, 0.1) is 0 Å². The quantitative estimate of drug-likeness (QED) is 0.394. The molecule has 70 valence electrons. The second-order valence-corrected chi connectivity index (χ2v) is 2.47. The van der Waals surface area contributed by atoms with Crippen molar-refractivity contribution in [1.82, 2.24) is 0 Å². The van der Waals surface area contributed by atoms with Crippen molar-refractivity contribution in [2.45, 2.75) is 0 Å². The van der Waals surface area contributed by atoms with Gasteiger partial charge in [0.25, 0.3) is 0 Å². The van der Waals surface area contributed by atoms with Crippen LogP contribution in [0.2, 0.25) is 0 Å². The second kappa shape index (κ2) is 3.20. The fourth-order valence-electron chi connectivity index (χ4n) is 0.843. The van der Waals surface area contributed by atoms with Crippen LogP contribution in [0, 0.1) is 5.82 Å². The Bertz CT molecular complexity index is 334. The number of carbonyl (C=O) groups excluding carboxylic acids is 1. The topological polar surface area (TPSA) is 17.1 Å². The molecule has 0 saturated carbocycles. The Balaban J connectivity index is 3.17. The van der Waals surface area contributed by atoms with Gasteiger partial charge >= 0.3 is 6.98 Å². The van der Waals surface area contributed by atoms with Gasteiger partial charge in [0.1, 0.15) is 5.82 Å². The Morgan fingerprint density at radius 3 is 2.23 bits per heavy atom. The molecule has 0 bridgehead atoms. The fraction of sp³-hybridized carbons (Fsp3) is 0. The maximum absolute atomic E-state index is 12.7. The molecule has 0 saturated heterocycles. The van der Waals surface area contributed by atoms with Gasteiger partial charge in [-0.25, -0.2) is 4.39 Å². The third-order valence-electron chi connectivity index (χ3n) is 1.53. The second-order valence-electron chi connectivity index (χ2n) is 2.47. The standard InChI is InChI=1S/C7H4BF4O/c9-7-3-6(8(10,11)12)2-1-5(7)4-13/h1-4H/q-1. The molecular formula is C7H4BF4O-. The van der Waals surface area contributed by atoms with Gasteiger partial charge in [-0.05, 0) is 0 Å². The summed E-state index contributed by atoms with van der Waals surface area (Å²) < 4.78 is 48.7. The summed E-state index contributed by atoms with van der Waals surface area (Å²) in [5, 5.41) is 0. The van der Waals surface area contributed by atoms with Gasteiger partial charge in [-0.2, -0.15) is 0 Å². The number of carbonyl (C=O) groups is 1. The SMILES string of the molecule is O=Cc1ccc([B-](F)(F)F)cc1F. The van der Waals surface area contributed by atoms with Crippen molar-refractivity contribution in [3.05, 3.63) is 29.6 Å². The molecule has 1 aromatic carbocycles. The number of benzene rings is 1. The van der Waals surface area contributed by atoms with Gasteiger partial charge in [0.2, 0.25) is 0 Å². The van der Waals surface area contributed by atoms with Crippen LogP contribution < -0.4 is 5.46 Å². The average molecular weight is 191 g/mol. The highest BCUT2D eigenvalue weighted by Crippen LogP contribution is 2.11. The summed E-state index contributed by atoms with van der Waals surface area (Å²) in [6.45, 7) is -5.20. The first-order chi connectivity index (χ1) is 5.95. The van der Waals surface area contributed by atoms with Crippen LogP contribution in [0.15, 0.2) is 18.2 Å². The van der Waals surface area contributed by atoms with E-state index in [2.05, 4.69) is 0 Å². The van der Waals surface area contributed by atoms with Crippen LogP contribution in [0.25, 0.3) is 0 Å². The molecule has 0 aliphatic carbocycles. The maximum Gasteiger partial charge on any atom is 0.509 e. The van der Waals surface area contributed by atoms with Crippen LogP contribution in [0.5, 0.6) is 0 Å². The molecule has 1 nitrogen and oxygen atoms in total. The Kier molecular flexibility index (Phi) is 2.40. The van der Waals surface area contributed by atoms with Crippen molar-refractivity contribution < 1.29 is 22.1 Å². The zero-order valence-corrected chi connectivity index (χ0v) is 6.31. The number of hydrogen-bond donors (Lipinski definition) is 0. The van der Waals surface area contributed by atoms with Crippen molar-refractivity contribution >= 4 is 18.7 Å². The summed E-state index contributed by atoms with van der Waals surface area (Å²) in [6, 6.07) is 1.82. The molecular weight excluding hydrogens is 187 g/mol. The van der Waals surface area contributed by atoms with Crippen LogP contribution in [0.3, 0.4) is 0 Å². The Morgan fingerprint density at radius 2 is 1.85 bits per heavy atom. The molecule has 0 spiro atoms. The number of hydrogen-bond acceptors (Lipinski definition) is 1. The predicted molar refractivity (Wildman–Crippen MR) is 40.5 cm³/mol.